The van der Waals surface area contributed by atoms with Gasteiger partial charge in [0.15, 0.2) is 0 Å². The molecular formula is C80H40S8. The Hall–Kier alpha value is -9.36. The van der Waals surface area contributed by atoms with E-state index in [-0.39, 0.29) is 0 Å². The van der Waals surface area contributed by atoms with Gasteiger partial charge in [-0.25, -0.2) is 0 Å². The van der Waals surface area contributed by atoms with Crippen molar-refractivity contribution < 1.29 is 0 Å². The smallest absolute Gasteiger partial charge is 0.0784 e. The fraction of sp³-hybridized carbons (Fsp3) is 0. The Morgan fingerprint density at radius 1 is 0.170 bits per heavy atom. The molecule has 8 heterocycles. The SMILES string of the molecule is C(#Cc1cc2ccccc2s1)C1=C(C#Cc2cc3ccccc3s2)/C(c2cc3ccccc3s2)=C(c2cc3ccccc3s2)\C(C#Cc2cc3ccccc3s2)=C(C#Cc2cc3ccccc3s2)/C(c2cc3ccccc3s2)=C\1c1cc2ccccc2s1. The Balaban J connectivity index is 1.13. The molecule has 0 aliphatic heterocycles. The average molecular weight is 1260 g/mol. The van der Waals surface area contributed by atoms with E-state index >= 15 is 0 Å². The highest BCUT2D eigenvalue weighted by atomic mass is 32.1. The zero-order valence-corrected chi connectivity index (χ0v) is 52.9. The predicted octanol–water partition coefficient (Wildman–Crippen LogP) is 23.7. The van der Waals surface area contributed by atoms with Crippen LogP contribution in [-0.2, 0) is 0 Å². The second-order valence-electron chi connectivity index (χ2n) is 21.2. The molecule has 88 heavy (non-hydrogen) atoms. The van der Waals surface area contributed by atoms with Crippen molar-refractivity contribution >= 4 is 194 Å². The van der Waals surface area contributed by atoms with Gasteiger partial charge in [-0.2, -0.15) is 0 Å². The lowest BCUT2D eigenvalue weighted by Gasteiger charge is -2.24. The molecule has 0 atom stereocenters. The molecule has 0 amide bonds. The highest BCUT2D eigenvalue weighted by Crippen LogP contribution is 2.54. The van der Waals surface area contributed by atoms with Crippen LogP contribution in [0.4, 0.5) is 0 Å². The number of rotatable bonds is 4. The average Bonchev–Trinajstić information content (AvgIpc) is 1.45. The van der Waals surface area contributed by atoms with Crippen LogP contribution >= 0.6 is 90.7 Å². The predicted molar refractivity (Wildman–Crippen MR) is 390 cm³/mol. The summed E-state index contributed by atoms with van der Waals surface area (Å²) in [4.78, 5) is 8.14. The Labute approximate surface area is 539 Å². The van der Waals surface area contributed by atoms with E-state index in [9.17, 15) is 0 Å². The molecule has 16 aromatic rings. The van der Waals surface area contributed by atoms with E-state index in [2.05, 4.69) is 290 Å². The van der Waals surface area contributed by atoms with Gasteiger partial charge in [-0.1, -0.05) is 193 Å². The second kappa shape index (κ2) is 22.4. The van der Waals surface area contributed by atoms with Crippen molar-refractivity contribution in [2.45, 2.75) is 0 Å². The fourth-order valence-corrected chi connectivity index (χ4v) is 19.7. The molecule has 0 nitrogen and oxygen atoms in total. The molecule has 8 heteroatoms. The summed E-state index contributed by atoms with van der Waals surface area (Å²) in [6.07, 6.45) is 0. The third-order valence-electron chi connectivity index (χ3n) is 15.6. The summed E-state index contributed by atoms with van der Waals surface area (Å²) in [5.41, 5.74) is 7.19. The lowest BCUT2D eigenvalue weighted by Crippen LogP contribution is -2.08. The summed E-state index contributed by atoms with van der Waals surface area (Å²) in [7, 11) is 0. The molecule has 8 aromatic carbocycles. The number of benzene rings is 8. The fourth-order valence-electron chi connectivity index (χ4n) is 11.6. The zero-order chi connectivity index (χ0) is 58.1. The first-order valence-corrected chi connectivity index (χ1v) is 35.0. The standard InChI is InChI=1S/C80H40S8/c1-9-25-65-49(17-1)41-57(81-65)33-37-61-62(38-34-58-42-50-18-2-10-26-66(50)82-58)78(74-46-54-22-6-14-30-70(54)86-74)80(76-48-56-24-8-16-32-72(56)88-76)64(40-36-60-44-52-20-4-12-28-68(52)84-60)63(39-35-59-43-51-19-3-11-27-67(51)83-59)79(75-47-55-23-7-15-31-71(55)87-75)77(61)73-45-53-21-5-13-29-69(53)85-73/h1-32,41-48H/b62-61-,64-63-,77-61?,78-62?,79-63?,79-77-,80-64?,80-78-. The van der Waals surface area contributed by atoms with Gasteiger partial charge in [0.25, 0.3) is 0 Å². The Morgan fingerprint density at radius 3 is 0.523 bits per heavy atom. The van der Waals surface area contributed by atoms with Crippen LogP contribution in [0.5, 0.6) is 0 Å². The van der Waals surface area contributed by atoms with Gasteiger partial charge in [0, 0.05) is 79.4 Å². The molecule has 1 aliphatic rings. The third-order valence-corrected chi connectivity index (χ3v) is 24.3. The highest BCUT2D eigenvalue weighted by Gasteiger charge is 2.34. The second-order valence-corrected chi connectivity index (χ2v) is 29.9. The first-order valence-electron chi connectivity index (χ1n) is 28.5. The van der Waals surface area contributed by atoms with Crippen molar-refractivity contribution in [1.29, 1.82) is 0 Å². The minimum Gasteiger partial charge on any atom is -0.135 e. The van der Waals surface area contributed by atoms with Gasteiger partial charge < -0.3 is 0 Å². The molecule has 0 saturated heterocycles. The van der Waals surface area contributed by atoms with Crippen LogP contribution in [0, 0.1) is 47.4 Å². The van der Waals surface area contributed by atoms with E-state index in [0.717, 1.165) is 105 Å². The normalized spacial score (nSPS) is 16.2. The van der Waals surface area contributed by atoms with Crippen LogP contribution in [-0.4, -0.2) is 0 Å². The molecule has 0 spiro atoms. The molecule has 1 aliphatic carbocycles. The van der Waals surface area contributed by atoms with Crippen LogP contribution in [0.2, 0.25) is 0 Å². The Kier molecular flexibility index (Phi) is 13.5. The van der Waals surface area contributed by atoms with Crippen LogP contribution in [0.25, 0.3) is 103 Å². The summed E-state index contributed by atoms with van der Waals surface area (Å²) in [5.74, 6) is 32.0. The zero-order valence-electron chi connectivity index (χ0n) is 46.4. The summed E-state index contributed by atoms with van der Waals surface area (Å²) in [6.45, 7) is 0. The number of allylic oxidation sites excluding steroid dienone is 8. The third kappa shape index (κ3) is 9.88. The highest BCUT2D eigenvalue weighted by molar-refractivity contribution is 7.23. The van der Waals surface area contributed by atoms with E-state index in [4.69, 9.17) is 0 Å². The maximum absolute atomic E-state index is 4.10. The number of fused-ring (bicyclic) bond motifs is 8. The largest absolute Gasteiger partial charge is 0.135 e. The maximum atomic E-state index is 4.10. The minimum atomic E-state index is 0.828. The van der Waals surface area contributed by atoms with Crippen molar-refractivity contribution in [3.05, 3.63) is 304 Å². The lowest BCUT2D eigenvalue weighted by atomic mass is 9.79. The van der Waals surface area contributed by atoms with Crippen LogP contribution < -0.4 is 0 Å². The van der Waals surface area contributed by atoms with Crippen LogP contribution in [0.1, 0.15) is 39.0 Å². The van der Waals surface area contributed by atoms with E-state index in [1.807, 2.05) is 0 Å². The lowest BCUT2D eigenvalue weighted by molar-refractivity contribution is 1.57. The monoisotopic (exact) mass is 1260 g/mol. The van der Waals surface area contributed by atoms with Gasteiger partial charge in [0.05, 0.1) is 41.8 Å². The first kappa shape index (κ1) is 52.9. The molecule has 0 bridgehead atoms. The van der Waals surface area contributed by atoms with Crippen molar-refractivity contribution in [1.82, 2.24) is 0 Å². The number of hydrogen-bond donors (Lipinski definition) is 0. The van der Waals surface area contributed by atoms with Crippen LogP contribution in [0.15, 0.2) is 265 Å². The molecule has 17 rings (SSSR count). The first-order chi connectivity index (χ1) is 43.5. The Bertz CT molecular complexity index is 4980. The van der Waals surface area contributed by atoms with Gasteiger partial charge in [-0.05, 0) is 140 Å². The van der Waals surface area contributed by atoms with Crippen LogP contribution in [0.3, 0.4) is 0 Å². The summed E-state index contributed by atoms with van der Waals surface area (Å²) >= 11 is 14.1. The molecule has 0 unspecified atom stereocenters. The van der Waals surface area contributed by atoms with E-state index in [1.165, 1.54) is 59.1 Å². The molecule has 0 saturated carbocycles. The maximum Gasteiger partial charge on any atom is 0.0784 e. The van der Waals surface area contributed by atoms with E-state index in [1.54, 1.807) is 90.7 Å². The van der Waals surface area contributed by atoms with Gasteiger partial charge in [-0.3, -0.25) is 0 Å². The summed E-state index contributed by atoms with van der Waals surface area (Å²) in [6, 6.07) is 87.9. The van der Waals surface area contributed by atoms with Gasteiger partial charge in [-0.15, -0.1) is 90.7 Å². The molecule has 0 radical (unpaired) electrons. The van der Waals surface area contributed by atoms with E-state index < -0.39 is 0 Å². The molecule has 408 valence electrons. The van der Waals surface area contributed by atoms with Crippen molar-refractivity contribution in [2.24, 2.45) is 0 Å². The van der Waals surface area contributed by atoms with Crippen molar-refractivity contribution in [3.8, 4) is 47.4 Å². The molecule has 8 aromatic heterocycles. The van der Waals surface area contributed by atoms with Crippen molar-refractivity contribution in [3.63, 3.8) is 0 Å². The number of thiophene rings is 8. The molecule has 0 N–H and O–H groups in total. The Morgan fingerprint density at radius 2 is 0.341 bits per heavy atom. The topological polar surface area (TPSA) is 0 Å². The summed E-state index contributed by atoms with van der Waals surface area (Å²) in [5, 5.41) is 9.28. The van der Waals surface area contributed by atoms with Gasteiger partial charge >= 0.3 is 0 Å². The van der Waals surface area contributed by atoms with Gasteiger partial charge in [0.2, 0.25) is 0 Å². The van der Waals surface area contributed by atoms with Crippen molar-refractivity contribution in [2.75, 3.05) is 0 Å². The van der Waals surface area contributed by atoms with E-state index in [0.29, 0.717) is 0 Å². The quantitative estimate of drug-likeness (QED) is 0.154. The summed E-state index contributed by atoms with van der Waals surface area (Å²) < 4.78 is 9.47. The molecular weight excluding hydrogens is 1220 g/mol. The van der Waals surface area contributed by atoms with Gasteiger partial charge in [0.1, 0.15) is 0 Å². The minimum absolute atomic E-state index is 0.828. The molecule has 0 fully saturated rings. The number of hydrogen-bond acceptors (Lipinski definition) is 8.